The molecule has 1 atom stereocenters. The Morgan fingerprint density at radius 2 is 2.15 bits per heavy atom. The van der Waals surface area contributed by atoms with Crippen molar-refractivity contribution in [2.45, 2.75) is 31.7 Å². The smallest absolute Gasteiger partial charge is 0.314 e. The van der Waals surface area contributed by atoms with Gasteiger partial charge in [-0.25, -0.2) is 9.67 Å². The fourth-order valence-corrected chi connectivity index (χ4v) is 2.82. The first kappa shape index (κ1) is 13.5. The Kier molecular flexibility index (Phi) is 3.98. The SMILES string of the molecule is O=C(O)C1CCCn2nc(CCN3CCOCC3)nc21. The molecule has 20 heavy (non-hydrogen) atoms. The third-order valence-corrected chi connectivity index (χ3v) is 3.97. The first-order chi connectivity index (χ1) is 9.74. The molecule has 1 aromatic heterocycles. The van der Waals surface area contributed by atoms with E-state index < -0.39 is 11.9 Å². The minimum Gasteiger partial charge on any atom is -0.481 e. The number of hydrogen-bond acceptors (Lipinski definition) is 5. The minimum atomic E-state index is -0.793. The maximum absolute atomic E-state index is 11.2. The van der Waals surface area contributed by atoms with Gasteiger partial charge in [0.15, 0.2) is 5.82 Å². The number of nitrogens with zero attached hydrogens (tertiary/aromatic N) is 4. The van der Waals surface area contributed by atoms with E-state index in [1.165, 1.54) is 0 Å². The zero-order chi connectivity index (χ0) is 13.9. The van der Waals surface area contributed by atoms with Gasteiger partial charge in [0.05, 0.1) is 13.2 Å². The first-order valence-electron chi connectivity index (χ1n) is 7.20. The fourth-order valence-electron chi connectivity index (χ4n) is 2.82. The summed E-state index contributed by atoms with van der Waals surface area (Å²) in [5, 5.41) is 13.7. The molecule has 3 heterocycles. The number of rotatable bonds is 4. The third-order valence-electron chi connectivity index (χ3n) is 3.97. The van der Waals surface area contributed by atoms with Crippen LogP contribution in [0.25, 0.3) is 0 Å². The predicted molar refractivity (Wildman–Crippen MR) is 70.6 cm³/mol. The number of ether oxygens (including phenoxy) is 1. The summed E-state index contributed by atoms with van der Waals surface area (Å²) in [6, 6.07) is 0. The van der Waals surface area contributed by atoms with Gasteiger partial charge in [-0.15, -0.1) is 0 Å². The zero-order valence-corrected chi connectivity index (χ0v) is 11.5. The molecule has 0 amide bonds. The lowest BCUT2D eigenvalue weighted by molar-refractivity contribution is -0.139. The van der Waals surface area contributed by atoms with E-state index in [4.69, 9.17) is 4.74 Å². The average Bonchev–Trinajstić information content (AvgIpc) is 2.88. The molecule has 7 nitrogen and oxygen atoms in total. The number of carboxylic acids is 1. The second-order valence-corrected chi connectivity index (χ2v) is 5.35. The second kappa shape index (κ2) is 5.88. The maximum Gasteiger partial charge on any atom is 0.314 e. The van der Waals surface area contributed by atoms with Crippen LogP contribution in [0.4, 0.5) is 0 Å². The van der Waals surface area contributed by atoms with E-state index in [0.29, 0.717) is 12.2 Å². The Balaban J connectivity index is 1.64. The molecule has 0 saturated carbocycles. The lowest BCUT2D eigenvalue weighted by Gasteiger charge is -2.25. The molecule has 1 N–H and O–H groups in total. The van der Waals surface area contributed by atoms with Crippen molar-refractivity contribution in [2.24, 2.45) is 0 Å². The van der Waals surface area contributed by atoms with Crippen LogP contribution in [0.1, 0.15) is 30.4 Å². The van der Waals surface area contributed by atoms with Gasteiger partial charge >= 0.3 is 5.97 Å². The van der Waals surface area contributed by atoms with Crippen LogP contribution in [0.3, 0.4) is 0 Å². The van der Waals surface area contributed by atoms with Crippen molar-refractivity contribution < 1.29 is 14.6 Å². The van der Waals surface area contributed by atoms with Crippen molar-refractivity contribution in [3.63, 3.8) is 0 Å². The van der Waals surface area contributed by atoms with E-state index >= 15 is 0 Å². The predicted octanol–water partition coefficient (Wildman–Crippen LogP) is 0.115. The van der Waals surface area contributed by atoms with Gasteiger partial charge in [-0.05, 0) is 12.8 Å². The Bertz CT molecular complexity index is 482. The Hall–Kier alpha value is -1.47. The molecule has 2 aliphatic rings. The van der Waals surface area contributed by atoms with Crippen molar-refractivity contribution in [1.29, 1.82) is 0 Å². The van der Waals surface area contributed by atoms with E-state index in [1.807, 2.05) is 0 Å². The summed E-state index contributed by atoms with van der Waals surface area (Å²) in [6.45, 7) is 5.16. The van der Waals surface area contributed by atoms with E-state index in [-0.39, 0.29) is 0 Å². The number of hydrogen-bond donors (Lipinski definition) is 1. The van der Waals surface area contributed by atoms with Gasteiger partial charge in [0.25, 0.3) is 0 Å². The number of fused-ring (bicyclic) bond motifs is 1. The Morgan fingerprint density at radius 1 is 1.35 bits per heavy atom. The highest BCUT2D eigenvalue weighted by Crippen LogP contribution is 2.25. The molecule has 0 radical (unpaired) electrons. The second-order valence-electron chi connectivity index (χ2n) is 5.35. The van der Waals surface area contributed by atoms with Crippen LogP contribution >= 0.6 is 0 Å². The van der Waals surface area contributed by atoms with E-state index in [9.17, 15) is 9.90 Å². The van der Waals surface area contributed by atoms with Gasteiger partial charge in [0, 0.05) is 32.6 Å². The highest BCUT2D eigenvalue weighted by molar-refractivity contribution is 5.75. The molecular weight excluding hydrogens is 260 g/mol. The van der Waals surface area contributed by atoms with Gasteiger partial charge in [-0.3, -0.25) is 9.69 Å². The molecule has 0 bridgehead atoms. The van der Waals surface area contributed by atoms with Crippen molar-refractivity contribution in [3.8, 4) is 0 Å². The summed E-state index contributed by atoms with van der Waals surface area (Å²) >= 11 is 0. The van der Waals surface area contributed by atoms with E-state index in [2.05, 4.69) is 15.0 Å². The molecule has 0 aromatic carbocycles. The summed E-state index contributed by atoms with van der Waals surface area (Å²) in [7, 11) is 0. The number of morpholine rings is 1. The van der Waals surface area contributed by atoms with Gasteiger partial charge in [-0.1, -0.05) is 0 Å². The third kappa shape index (κ3) is 2.83. The van der Waals surface area contributed by atoms with Crippen LogP contribution in [0.5, 0.6) is 0 Å². The van der Waals surface area contributed by atoms with Crippen molar-refractivity contribution >= 4 is 5.97 Å². The summed E-state index contributed by atoms with van der Waals surface area (Å²) < 4.78 is 7.09. The standard InChI is InChI=1S/C13H20N4O3/c18-13(19)10-2-1-4-17-12(10)14-11(15-17)3-5-16-6-8-20-9-7-16/h10H,1-9H2,(H,18,19). The largest absolute Gasteiger partial charge is 0.481 e. The lowest BCUT2D eigenvalue weighted by atomic mass is 10.00. The van der Waals surface area contributed by atoms with Gasteiger partial charge < -0.3 is 9.84 Å². The Morgan fingerprint density at radius 3 is 2.90 bits per heavy atom. The molecule has 0 aliphatic carbocycles. The lowest BCUT2D eigenvalue weighted by Crippen LogP contribution is -2.37. The van der Waals surface area contributed by atoms with Crippen LogP contribution in [-0.4, -0.2) is 63.6 Å². The summed E-state index contributed by atoms with van der Waals surface area (Å²) in [5.74, 6) is 0.104. The molecule has 1 unspecified atom stereocenters. The van der Waals surface area contributed by atoms with Gasteiger partial charge in [0.1, 0.15) is 11.7 Å². The fraction of sp³-hybridized carbons (Fsp3) is 0.769. The Labute approximate surface area is 117 Å². The highest BCUT2D eigenvalue weighted by atomic mass is 16.5. The average molecular weight is 280 g/mol. The normalized spacial score (nSPS) is 23.5. The van der Waals surface area contributed by atoms with Crippen molar-refractivity contribution in [2.75, 3.05) is 32.8 Å². The molecule has 110 valence electrons. The highest BCUT2D eigenvalue weighted by Gasteiger charge is 2.29. The van der Waals surface area contributed by atoms with Crippen LogP contribution in [0, 0.1) is 0 Å². The molecule has 1 fully saturated rings. The minimum absolute atomic E-state index is 0.492. The molecule has 2 aliphatic heterocycles. The number of carboxylic acid groups (broad SMARTS) is 1. The number of aliphatic carboxylic acids is 1. The molecule has 7 heteroatoms. The monoisotopic (exact) mass is 280 g/mol. The summed E-state index contributed by atoms with van der Waals surface area (Å²) in [6.07, 6.45) is 2.29. The van der Waals surface area contributed by atoms with Crippen molar-refractivity contribution in [1.82, 2.24) is 19.7 Å². The summed E-state index contributed by atoms with van der Waals surface area (Å²) in [5.41, 5.74) is 0. The summed E-state index contributed by atoms with van der Waals surface area (Å²) in [4.78, 5) is 18.0. The van der Waals surface area contributed by atoms with Crippen molar-refractivity contribution in [3.05, 3.63) is 11.6 Å². The molecule has 1 aromatic rings. The van der Waals surface area contributed by atoms with Gasteiger partial charge in [-0.2, -0.15) is 5.10 Å². The molecule has 0 spiro atoms. The number of carbonyl (C=O) groups is 1. The quantitative estimate of drug-likeness (QED) is 0.843. The van der Waals surface area contributed by atoms with Crippen LogP contribution in [0.2, 0.25) is 0 Å². The van der Waals surface area contributed by atoms with Crippen LogP contribution in [-0.2, 0) is 22.5 Å². The molecular formula is C13H20N4O3. The van der Waals surface area contributed by atoms with Gasteiger partial charge in [0.2, 0.25) is 0 Å². The molecule has 1 saturated heterocycles. The number of aromatic nitrogens is 3. The molecule has 3 rings (SSSR count). The topological polar surface area (TPSA) is 80.5 Å². The van der Waals surface area contributed by atoms with Crippen LogP contribution < -0.4 is 0 Å². The maximum atomic E-state index is 11.2. The number of aryl methyl sites for hydroxylation is 1. The first-order valence-corrected chi connectivity index (χ1v) is 7.20. The van der Waals surface area contributed by atoms with Crippen LogP contribution in [0.15, 0.2) is 0 Å². The zero-order valence-electron chi connectivity index (χ0n) is 11.5. The van der Waals surface area contributed by atoms with E-state index in [1.54, 1.807) is 4.68 Å². The van der Waals surface area contributed by atoms with E-state index in [0.717, 1.165) is 58.1 Å².